The second kappa shape index (κ2) is 6.34. The van der Waals surface area contributed by atoms with E-state index in [1.54, 1.807) is 7.11 Å². The van der Waals surface area contributed by atoms with Gasteiger partial charge in [0, 0.05) is 26.2 Å². The van der Waals surface area contributed by atoms with Crippen LogP contribution in [0.15, 0.2) is 4.42 Å². The lowest BCUT2D eigenvalue weighted by molar-refractivity contribution is -0.154. The Balaban J connectivity index is 1.64. The Labute approximate surface area is 129 Å². The molecule has 0 aromatic carbocycles. The Kier molecular flexibility index (Phi) is 4.44. The van der Waals surface area contributed by atoms with Gasteiger partial charge >= 0.3 is 5.97 Å². The number of rotatable bonds is 7. The van der Waals surface area contributed by atoms with Crippen molar-refractivity contribution in [2.24, 2.45) is 5.41 Å². The molecule has 1 aromatic rings. The summed E-state index contributed by atoms with van der Waals surface area (Å²) in [7, 11) is 1.61. The standard InChI is InChI=1S/C15H23N3O4/c1-21-8-6-15(14(19)20)5-2-7-18(10-15)9-12-16-17-13(22-12)11-3-4-11/h11H,2-10H2,1H3,(H,19,20)/t15-/m0/s1. The summed E-state index contributed by atoms with van der Waals surface area (Å²) in [5.74, 6) is 1.03. The van der Waals surface area contributed by atoms with Crippen LogP contribution in [0.3, 0.4) is 0 Å². The van der Waals surface area contributed by atoms with Gasteiger partial charge in [0.1, 0.15) is 0 Å². The quantitative estimate of drug-likeness (QED) is 0.819. The number of likely N-dealkylation sites (tertiary alicyclic amines) is 1. The Morgan fingerprint density at radius 3 is 3.00 bits per heavy atom. The second-order valence-electron chi connectivity index (χ2n) is 6.45. The van der Waals surface area contributed by atoms with Crippen LogP contribution in [0.25, 0.3) is 0 Å². The third-order valence-corrected chi connectivity index (χ3v) is 4.66. The summed E-state index contributed by atoms with van der Waals surface area (Å²) in [6.07, 6.45) is 4.35. The van der Waals surface area contributed by atoms with E-state index < -0.39 is 11.4 Å². The molecule has 2 aliphatic rings. The van der Waals surface area contributed by atoms with E-state index in [1.165, 1.54) is 0 Å². The highest BCUT2D eigenvalue weighted by Crippen LogP contribution is 2.39. The molecule has 2 fully saturated rings. The van der Waals surface area contributed by atoms with Crippen molar-refractivity contribution in [2.75, 3.05) is 26.8 Å². The van der Waals surface area contributed by atoms with Crippen molar-refractivity contribution in [1.29, 1.82) is 0 Å². The molecule has 2 heterocycles. The van der Waals surface area contributed by atoms with E-state index in [0.29, 0.717) is 44.3 Å². The highest BCUT2D eigenvalue weighted by Gasteiger charge is 2.42. The molecule has 122 valence electrons. The summed E-state index contributed by atoms with van der Waals surface area (Å²) in [4.78, 5) is 13.9. The zero-order valence-corrected chi connectivity index (χ0v) is 13.0. The van der Waals surface area contributed by atoms with E-state index in [-0.39, 0.29) is 0 Å². The zero-order valence-electron chi connectivity index (χ0n) is 13.0. The van der Waals surface area contributed by atoms with Crippen LogP contribution >= 0.6 is 0 Å². The average molecular weight is 309 g/mol. The number of aromatic nitrogens is 2. The maximum absolute atomic E-state index is 11.7. The van der Waals surface area contributed by atoms with Gasteiger partial charge in [-0.1, -0.05) is 0 Å². The Hall–Kier alpha value is -1.47. The fourth-order valence-corrected chi connectivity index (χ4v) is 3.16. The van der Waals surface area contributed by atoms with Crippen LogP contribution in [0.4, 0.5) is 0 Å². The van der Waals surface area contributed by atoms with Crippen LogP contribution < -0.4 is 0 Å². The topological polar surface area (TPSA) is 88.7 Å². The normalized spacial score (nSPS) is 26.2. The second-order valence-corrected chi connectivity index (χ2v) is 6.45. The van der Waals surface area contributed by atoms with Gasteiger partial charge in [0.25, 0.3) is 0 Å². The lowest BCUT2D eigenvalue weighted by Crippen LogP contribution is -2.48. The monoisotopic (exact) mass is 309 g/mol. The number of hydrogen-bond donors (Lipinski definition) is 1. The number of carboxylic acid groups (broad SMARTS) is 1. The van der Waals surface area contributed by atoms with Crippen molar-refractivity contribution in [3.8, 4) is 0 Å². The van der Waals surface area contributed by atoms with E-state index >= 15 is 0 Å². The molecular formula is C15H23N3O4. The van der Waals surface area contributed by atoms with Crippen LogP contribution in [0.5, 0.6) is 0 Å². The van der Waals surface area contributed by atoms with Crippen molar-refractivity contribution in [1.82, 2.24) is 15.1 Å². The number of carbonyl (C=O) groups is 1. The number of piperidine rings is 1. The van der Waals surface area contributed by atoms with Crippen LogP contribution in [-0.4, -0.2) is 53.0 Å². The van der Waals surface area contributed by atoms with Crippen molar-refractivity contribution < 1.29 is 19.1 Å². The minimum Gasteiger partial charge on any atom is -0.481 e. The summed E-state index contributed by atoms with van der Waals surface area (Å²) in [5, 5.41) is 17.8. The molecule has 0 unspecified atom stereocenters. The van der Waals surface area contributed by atoms with Crippen molar-refractivity contribution in [3.05, 3.63) is 11.8 Å². The minimum atomic E-state index is -0.738. The molecule has 0 spiro atoms. The largest absolute Gasteiger partial charge is 0.481 e. The molecule has 0 bridgehead atoms. The Bertz CT molecular complexity index is 529. The van der Waals surface area contributed by atoms with Crippen LogP contribution in [0, 0.1) is 5.41 Å². The predicted octanol–water partition coefficient (Wildman–Crippen LogP) is 1.65. The summed E-state index contributed by atoms with van der Waals surface area (Å²) in [6, 6.07) is 0. The summed E-state index contributed by atoms with van der Waals surface area (Å²) >= 11 is 0. The average Bonchev–Trinajstić information content (AvgIpc) is 3.26. The molecule has 0 amide bonds. The molecule has 1 atom stereocenters. The van der Waals surface area contributed by atoms with E-state index in [2.05, 4.69) is 15.1 Å². The van der Waals surface area contributed by atoms with Crippen molar-refractivity contribution in [2.45, 2.75) is 44.6 Å². The van der Waals surface area contributed by atoms with Gasteiger partial charge < -0.3 is 14.3 Å². The van der Waals surface area contributed by atoms with Gasteiger partial charge in [-0.05, 0) is 38.6 Å². The van der Waals surface area contributed by atoms with Crippen LogP contribution in [-0.2, 0) is 16.1 Å². The molecule has 7 heteroatoms. The molecule has 22 heavy (non-hydrogen) atoms. The van der Waals surface area contributed by atoms with E-state index in [9.17, 15) is 9.90 Å². The smallest absolute Gasteiger partial charge is 0.311 e. The molecular weight excluding hydrogens is 286 g/mol. The molecule has 0 radical (unpaired) electrons. The van der Waals surface area contributed by atoms with Gasteiger partial charge in [-0.3, -0.25) is 9.69 Å². The van der Waals surface area contributed by atoms with Crippen molar-refractivity contribution in [3.63, 3.8) is 0 Å². The number of ether oxygens (including phenoxy) is 1. The van der Waals surface area contributed by atoms with Gasteiger partial charge in [-0.25, -0.2) is 0 Å². The number of methoxy groups -OCH3 is 1. The van der Waals surface area contributed by atoms with Gasteiger partial charge in [-0.15, -0.1) is 10.2 Å². The molecule has 7 nitrogen and oxygen atoms in total. The van der Waals surface area contributed by atoms with E-state index in [0.717, 1.165) is 31.7 Å². The minimum absolute atomic E-state index is 0.447. The molecule has 1 saturated heterocycles. The number of carboxylic acids is 1. The Morgan fingerprint density at radius 1 is 1.50 bits per heavy atom. The maximum Gasteiger partial charge on any atom is 0.311 e. The third-order valence-electron chi connectivity index (χ3n) is 4.66. The SMILES string of the molecule is COCC[C@@]1(C(=O)O)CCCN(Cc2nnc(C3CC3)o2)C1. The van der Waals surface area contributed by atoms with Gasteiger partial charge in [0.05, 0.1) is 12.0 Å². The lowest BCUT2D eigenvalue weighted by Gasteiger charge is -2.39. The van der Waals surface area contributed by atoms with Crippen molar-refractivity contribution >= 4 is 5.97 Å². The highest BCUT2D eigenvalue weighted by molar-refractivity contribution is 5.75. The first-order chi connectivity index (χ1) is 10.6. The molecule has 1 aliphatic heterocycles. The zero-order chi connectivity index (χ0) is 15.6. The fourth-order valence-electron chi connectivity index (χ4n) is 3.16. The van der Waals surface area contributed by atoms with Gasteiger partial charge in [0.15, 0.2) is 0 Å². The number of nitrogens with zero attached hydrogens (tertiary/aromatic N) is 3. The summed E-state index contributed by atoms with van der Waals surface area (Å²) < 4.78 is 10.8. The van der Waals surface area contributed by atoms with Gasteiger partial charge in [-0.2, -0.15) is 0 Å². The molecule has 1 aliphatic carbocycles. The first-order valence-corrected chi connectivity index (χ1v) is 7.90. The maximum atomic E-state index is 11.7. The summed E-state index contributed by atoms with van der Waals surface area (Å²) in [5.41, 5.74) is -0.729. The molecule has 1 N–H and O–H groups in total. The van der Waals surface area contributed by atoms with E-state index in [1.807, 2.05) is 0 Å². The van der Waals surface area contributed by atoms with E-state index in [4.69, 9.17) is 9.15 Å². The lowest BCUT2D eigenvalue weighted by atomic mass is 9.77. The first-order valence-electron chi connectivity index (χ1n) is 7.90. The number of hydrogen-bond acceptors (Lipinski definition) is 6. The fraction of sp³-hybridized carbons (Fsp3) is 0.800. The third kappa shape index (κ3) is 3.30. The van der Waals surface area contributed by atoms with Gasteiger partial charge in [0.2, 0.25) is 11.8 Å². The predicted molar refractivity (Wildman–Crippen MR) is 77.3 cm³/mol. The Morgan fingerprint density at radius 2 is 2.32 bits per heavy atom. The van der Waals surface area contributed by atoms with Crippen LogP contribution in [0.1, 0.15) is 49.8 Å². The molecule has 1 saturated carbocycles. The van der Waals surface area contributed by atoms with Crippen LogP contribution in [0.2, 0.25) is 0 Å². The molecule has 1 aromatic heterocycles. The first kappa shape index (κ1) is 15.4. The highest BCUT2D eigenvalue weighted by atomic mass is 16.5. The number of aliphatic carboxylic acids is 1. The summed E-state index contributed by atoms with van der Waals surface area (Å²) in [6.45, 7) is 2.37. The molecule has 3 rings (SSSR count).